The van der Waals surface area contributed by atoms with Gasteiger partial charge in [0.1, 0.15) is 11.2 Å². The van der Waals surface area contributed by atoms with Gasteiger partial charge in [-0.2, -0.15) is 8.42 Å². The molecule has 2 aromatic rings. The fourth-order valence-corrected chi connectivity index (χ4v) is 2.86. The first-order chi connectivity index (χ1) is 9.04. The van der Waals surface area contributed by atoms with Gasteiger partial charge >= 0.3 is 0 Å². The van der Waals surface area contributed by atoms with Crippen molar-refractivity contribution in [3.8, 4) is 11.1 Å². The molecule has 0 aliphatic heterocycles. The Bertz CT molecular complexity index is 670. The molecule has 1 heterocycles. The summed E-state index contributed by atoms with van der Waals surface area (Å²) in [6.45, 7) is 3.63. The molecule has 100 valence electrons. The summed E-state index contributed by atoms with van der Waals surface area (Å²) in [6.07, 6.45) is 4.55. The molecule has 0 aliphatic carbocycles. The topological polar surface area (TPSA) is 69.2 Å². The standard InChI is InChI=1S/C13H14N2O3S/c1-3-18-19(16,17)13-5-4-10(2)6-12(13)11-7-14-9-15-8-11/h4-9H,3H2,1-2H3. The van der Waals surface area contributed by atoms with E-state index in [2.05, 4.69) is 9.97 Å². The van der Waals surface area contributed by atoms with Crippen LogP contribution in [0.15, 0.2) is 41.8 Å². The van der Waals surface area contributed by atoms with E-state index < -0.39 is 10.1 Å². The summed E-state index contributed by atoms with van der Waals surface area (Å²) in [5.74, 6) is 0. The van der Waals surface area contributed by atoms with Crippen LogP contribution in [0, 0.1) is 6.92 Å². The van der Waals surface area contributed by atoms with Gasteiger partial charge in [0.25, 0.3) is 10.1 Å². The Labute approximate surface area is 112 Å². The smallest absolute Gasteiger partial charge is 0.267 e. The van der Waals surface area contributed by atoms with Crippen LogP contribution < -0.4 is 0 Å². The Balaban J connectivity index is 2.64. The second kappa shape index (κ2) is 5.46. The van der Waals surface area contributed by atoms with Gasteiger partial charge in [-0.1, -0.05) is 11.6 Å². The average Bonchev–Trinajstić information content (AvgIpc) is 2.39. The molecule has 0 saturated heterocycles. The van der Waals surface area contributed by atoms with E-state index in [1.165, 1.54) is 6.33 Å². The van der Waals surface area contributed by atoms with Gasteiger partial charge in [0, 0.05) is 23.5 Å². The Kier molecular flexibility index (Phi) is 3.92. The van der Waals surface area contributed by atoms with Gasteiger partial charge in [0.05, 0.1) is 6.61 Å². The molecule has 0 saturated carbocycles. The summed E-state index contributed by atoms with van der Waals surface area (Å²) in [4.78, 5) is 7.96. The Morgan fingerprint density at radius 3 is 2.53 bits per heavy atom. The highest BCUT2D eigenvalue weighted by molar-refractivity contribution is 7.87. The van der Waals surface area contributed by atoms with E-state index in [1.807, 2.05) is 6.92 Å². The fourth-order valence-electron chi connectivity index (χ4n) is 1.74. The van der Waals surface area contributed by atoms with Crippen LogP contribution in [-0.4, -0.2) is 25.0 Å². The van der Waals surface area contributed by atoms with Crippen molar-refractivity contribution >= 4 is 10.1 Å². The highest BCUT2D eigenvalue weighted by Gasteiger charge is 2.20. The quantitative estimate of drug-likeness (QED) is 0.802. The number of aromatic nitrogens is 2. The predicted octanol–water partition coefficient (Wildman–Crippen LogP) is 2.18. The molecule has 0 aliphatic rings. The number of nitrogens with zero attached hydrogens (tertiary/aromatic N) is 2. The van der Waals surface area contributed by atoms with Crippen molar-refractivity contribution < 1.29 is 12.6 Å². The van der Waals surface area contributed by atoms with Gasteiger partial charge in [0.2, 0.25) is 0 Å². The molecule has 1 aromatic carbocycles. The lowest BCUT2D eigenvalue weighted by atomic mass is 10.1. The van der Waals surface area contributed by atoms with Crippen molar-refractivity contribution in [1.29, 1.82) is 0 Å². The summed E-state index contributed by atoms with van der Waals surface area (Å²) < 4.78 is 29.0. The van der Waals surface area contributed by atoms with Crippen LogP contribution in [0.1, 0.15) is 12.5 Å². The first-order valence-corrected chi connectivity index (χ1v) is 7.21. The number of aryl methyl sites for hydroxylation is 1. The molecule has 0 fully saturated rings. The molecular weight excluding hydrogens is 264 g/mol. The zero-order valence-electron chi connectivity index (χ0n) is 10.7. The minimum atomic E-state index is -3.76. The van der Waals surface area contributed by atoms with Crippen molar-refractivity contribution in [2.24, 2.45) is 0 Å². The van der Waals surface area contributed by atoms with Crippen molar-refractivity contribution in [2.75, 3.05) is 6.61 Å². The van der Waals surface area contributed by atoms with E-state index in [-0.39, 0.29) is 11.5 Å². The van der Waals surface area contributed by atoms with E-state index in [0.717, 1.165) is 5.56 Å². The predicted molar refractivity (Wildman–Crippen MR) is 71.0 cm³/mol. The minimum absolute atomic E-state index is 0.0982. The molecule has 0 radical (unpaired) electrons. The summed E-state index contributed by atoms with van der Waals surface area (Å²) in [7, 11) is -3.76. The zero-order valence-corrected chi connectivity index (χ0v) is 11.5. The molecule has 0 N–H and O–H groups in total. The van der Waals surface area contributed by atoms with Gasteiger partial charge < -0.3 is 0 Å². The number of rotatable bonds is 4. The number of benzene rings is 1. The Morgan fingerprint density at radius 1 is 1.21 bits per heavy atom. The Morgan fingerprint density at radius 2 is 1.89 bits per heavy atom. The molecule has 0 bridgehead atoms. The monoisotopic (exact) mass is 278 g/mol. The second-order valence-electron chi connectivity index (χ2n) is 3.99. The highest BCUT2D eigenvalue weighted by atomic mass is 32.2. The van der Waals surface area contributed by atoms with Crippen LogP contribution in [0.5, 0.6) is 0 Å². The molecule has 0 spiro atoms. The van der Waals surface area contributed by atoms with Crippen molar-refractivity contribution in [3.05, 3.63) is 42.5 Å². The largest absolute Gasteiger partial charge is 0.297 e. The summed E-state index contributed by atoms with van der Waals surface area (Å²) in [6, 6.07) is 5.06. The summed E-state index contributed by atoms with van der Waals surface area (Å²) >= 11 is 0. The van der Waals surface area contributed by atoms with Crippen molar-refractivity contribution in [2.45, 2.75) is 18.7 Å². The molecule has 6 heteroatoms. The SMILES string of the molecule is CCOS(=O)(=O)c1ccc(C)cc1-c1cncnc1. The number of hydrogen-bond donors (Lipinski definition) is 0. The van der Waals surface area contributed by atoms with E-state index in [9.17, 15) is 8.42 Å². The average molecular weight is 278 g/mol. The third-order valence-electron chi connectivity index (χ3n) is 2.55. The van der Waals surface area contributed by atoms with Gasteiger partial charge in [-0.05, 0) is 26.0 Å². The van der Waals surface area contributed by atoms with Crippen LogP contribution in [0.2, 0.25) is 0 Å². The van der Waals surface area contributed by atoms with Crippen LogP contribution in [0.4, 0.5) is 0 Å². The molecule has 0 unspecified atom stereocenters. The van der Waals surface area contributed by atoms with Crippen molar-refractivity contribution in [1.82, 2.24) is 9.97 Å². The molecule has 1 aromatic heterocycles. The normalized spacial score (nSPS) is 11.5. The first-order valence-electron chi connectivity index (χ1n) is 5.80. The van der Waals surface area contributed by atoms with Crippen LogP contribution in [0.3, 0.4) is 0 Å². The molecule has 0 amide bonds. The molecule has 5 nitrogen and oxygen atoms in total. The van der Waals surface area contributed by atoms with Crippen LogP contribution in [-0.2, 0) is 14.3 Å². The summed E-state index contributed by atoms with van der Waals surface area (Å²) in [5, 5.41) is 0. The molecular formula is C13H14N2O3S. The van der Waals surface area contributed by atoms with Crippen molar-refractivity contribution in [3.63, 3.8) is 0 Å². The van der Waals surface area contributed by atoms with E-state index >= 15 is 0 Å². The first kappa shape index (κ1) is 13.6. The summed E-state index contributed by atoms with van der Waals surface area (Å²) in [5.41, 5.74) is 2.15. The third kappa shape index (κ3) is 2.97. The molecule has 0 atom stereocenters. The maximum Gasteiger partial charge on any atom is 0.297 e. The van der Waals surface area contributed by atoms with E-state index in [0.29, 0.717) is 11.1 Å². The van der Waals surface area contributed by atoms with Gasteiger partial charge in [0.15, 0.2) is 0 Å². The van der Waals surface area contributed by atoms with E-state index in [4.69, 9.17) is 4.18 Å². The maximum absolute atomic E-state index is 12.1. The number of hydrogen-bond acceptors (Lipinski definition) is 5. The fraction of sp³-hybridized carbons (Fsp3) is 0.231. The lowest BCUT2D eigenvalue weighted by molar-refractivity contribution is 0.338. The zero-order chi connectivity index (χ0) is 13.9. The van der Waals surface area contributed by atoms with E-state index in [1.54, 1.807) is 37.5 Å². The lowest BCUT2D eigenvalue weighted by Crippen LogP contribution is -2.08. The lowest BCUT2D eigenvalue weighted by Gasteiger charge is -2.10. The molecule has 2 rings (SSSR count). The highest BCUT2D eigenvalue weighted by Crippen LogP contribution is 2.28. The van der Waals surface area contributed by atoms with Crippen LogP contribution in [0.25, 0.3) is 11.1 Å². The van der Waals surface area contributed by atoms with Gasteiger partial charge in [-0.25, -0.2) is 9.97 Å². The minimum Gasteiger partial charge on any atom is -0.267 e. The second-order valence-corrected chi connectivity index (χ2v) is 5.57. The molecule has 19 heavy (non-hydrogen) atoms. The third-order valence-corrected chi connectivity index (χ3v) is 3.99. The van der Waals surface area contributed by atoms with Crippen LogP contribution >= 0.6 is 0 Å². The maximum atomic E-state index is 12.1. The van der Waals surface area contributed by atoms with Gasteiger partial charge in [-0.3, -0.25) is 4.18 Å². The Hall–Kier alpha value is -1.79. The van der Waals surface area contributed by atoms with Gasteiger partial charge in [-0.15, -0.1) is 0 Å².